The lowest BCUT2D eigenvalue weighted by Gasteiger charge is -1.93. The molecule has 0 saturated carbocycles. The highest BCUT2D eigenvalue weighted by Gasteiger charge is 2.10. The summed E-state index contributed by atoms with van der Waals surface area (Å²) in [5.74, 6) is 0. The van der Waals surface area contributed by atoms with E-state index in [1.807, 2.05) is 0 Å². The Morgan fingerprint density at radius 2 is 1.33 bits per heavy atom. The fourth-order valence-corrected chi connectivity index (χ4v) is 7.95. The third-order valence-electron chi connectivity index (χ3n) is 0.172. The van der Waals surface area contributed by atoms with Gasteiger partial charge in [0.05, 0.1) is 9.83 Å². The SMILES string of the molecule is O=S(O)(=S)SS(=O)(O)=S. The smallest absolute Gasteiger partial charge is 0.210 e. The van der Waals surface area contributed by atoms with E-state index in [1.165, 1.54) is 0 Å². The van der Waals surface area contributed by atoms with E-state index >= 15 is 0 Å². The van der Waals surface area contributed by atoms with Crippen molar-refractivity contribution >= 4 is 47.8 Å². The van der Waals surface area contributed by atoms with Crippen molar-refractivity contribution in [2.24, 2.45) is 0 Å². The first kappa shape index (κ1) is 10.0. The van der Waals surface area contributed by atoms with Crippen molar-refractivity contribution < 1.29 is 17.5 Å². The molecule has 0 aliphatic heterocycles. The second-order valence-corrected chi connectivity index (χ2v) is 11.1. The van der Waals surface area contributed by atoms with Crippen LogP contribution in [0.1, 0.15) is 0 Å². The molecule has 0 aliphatic carbocycles. The Hall–Kier alpha value is 1.01. The van der Waals surface area contributed by atoms with Crippen LogP contribution in [0.25, 0.3) is 0 Å². The van der Waals surface area contributed by atoms with Crippen LogP contribution in [0.4, 0.5) is 0 Å². The van der Waals surface area contributed by atoms with Crippen molar-refractivity contribution in [3.8, 4) is 0 Å². The molecule has 9 heavy (non-hydrogen) atoms. The molecular weight excluding hydrogens is 224 g/mol. The Balaban J connectivity index is 4.46. The van der Waals surface area contributed by atoms with Crippen LogP contribution in [0.5, 0.6) is 0 Å². The number of hydrogen-bond acceptors (Lipinski definition) is 5. The lowest BCUT2D eigenvalue weighted by molar-refractivity contribution is 0.576. The summed E-state index contributed by atoms with van der Waals surface area (Å²) in [4.78, 5) is 0. The fourth-order valence-electron chi connectivity index (χ4n) is 0.109. The summed E-state index contributed by atoms with van der Waals surface area (Å²) in [5.41, 5.74) is 0. The molecule has 9 heteroatoms. The highest BCUT2D eigenvalue weighted by atomic mass is 33.7. The quantitative estimate of drug-likeness (QED) is 0.641. The average Bonchev–Trinajstić information content (AvgIpc) is 1.14. The first-order valence-corrected chi connectivity index (χ1v) is 8.10. The van der Waals surface area contributed by atoms with E-state index in [4.69, 9.17) is 9.11 Å². The molecule has 0 amide bonds. The molecule has 2 N–H and O–H groups in total. The Morgan fingerprint density at radius 1 is 1.11 bits per heavy atom. The van der Waals surface area contributed by atoms with Gasteiger partial charge < -0.3 is 0 Å². The summed E-state index contributed by atoms with van der Waals surface area (Å²) >= 11 is 7.75. The summed E-state index contributed by atoms with van der Waals surface area (Å²) in [5, 5.41) is 0. The summed E-state index contributed by atoms with van der Waals surface area (Å²) in [6, 6.07) is 0. The summed E-state index contributed by atoms with van der Waals surface area (Å²) < 4.78 is 36.8. The minimum absolute atomic E-state index is 0.190. The summed E-state index contributed by atoms with van der Waals surface area (Å²) in [6.45, 7) is 0. The van der Waals surface area contributed by atoms with Crippen LogP contribution < -0.4 is 0 Å². The van der Waals surface area contributed by atoms with Crippen molar-refractivity contribution in [1.82, 2.24) is 0 Å². The lowest BCUT2D eigenvalue weighted by atomic mass is 15.9. The van der Waals surface area contributed by atoms with Gasteiger partial charge >= 0.3 is 0 Å². The van der Waals surface area contributed by atoms with E-state index in [0.717, 1.165) is 0 Å². The minimum Gasteiger partial charge on any atom is -0.297 e. The van der Waals surface area contributed by atoms with E-state index in [1.54, 1.807) is 0 Å². The van der Waals surface area contributed by atoms with Gasteiger partial charge in [0.1, 0.15) is 0 Å². The number of hydrogen-bond donors (Lipinski definition) is 2. The van der Waals surface area contributed by atoms with Gasteiger partial charge in [0, 0.05) is 22.4 Å². The van der Waals surface area contributed by atoms with Crippen LogP contribution in [0.15, 0.2) is 0 Å². The van der Waals surface area contributed by atoms with Crippen LogP contribution in [-0.2, 0) is 38.0 Å². The van der Waals surface area contributed by atoms with Crippen LogP contribution in [0.2, 0.25) is 0 Å². The second kappa shape index (κ2) is 2.95. The molecule has 0 spiro atoms. The zero-order valence-electron chi connectivity index (χ0n) is 3.75. The van der Waals surface area contributed by atoms with Gasteiger partial charge in [0.25, 0.3) is 0 Å². The lowest BCUT2D eigenvalue weighted by Crippen LogP contribution is -1.94. The van der Waals surface area contributed by atoms with Gasteiger partial charge in [-0.2, -0.15) is 0 Å². The Bertz CT molecular complexity index is 234. The van der Waals surface area contributed by atoms with Gasteiger partial charge in [0.15, 0.2) is 0 Å². The summed E-state index contributed by atoms with van der Waals surface area (Å²) in [7, 11) is -7.51. The highest BCUT2D eigenvalue weighted by molar-refractivity contribution is 9.13. The molecule has 4 nitrogen and oxygen atoms in total. The molecule has 0 aromatic rings. The van der Waals surface area contributed by atoms with Gasteiger partial charge in [-0.05, 0) is 0 Å². The molecule has 0 saturated heterocycles. The van der Waals surface area contributed by atoms with Crippen LogP contribution >= 0.6 is 9.83 Å². The van der Waals surface area contributed by atoms with E-state index < -0.39 is 15.6 Å². The van der Waals surface area contributed by atoms with Crippen LogP contribution in [0, 0.1) is 0 Å². The predicted molar refractivity (Wildman–Crippen MR) is 43.9 cm³/mol. The van der Waals surface area contributed by atoms with Gasteiger partial charge in [-0.25, -0.2) is 8.42 Å². The standard InChI is InChI=1S/H2O4S5/c1-8(2,5)7-9(3,4)6/h(H,1,2,5)(H,3,4,6). The van der Waals surface area contributed by atoms with Crippen molar-refractivity contribution in [1.29, 1.82) is 0 Å². The molecule has 0 atom stereocenters. The van der Waals surface area contributed by atoms with Gasteiger partial charge in [-0.1, -0.05) is 0 Å². The van der Waals surface area contributed by atoms with Crippen LogP contribution in [0.3, 0.4) is 0 Å². The van der Waals surface area contributed by atoms with Crippen molar-refractivity contribution in [3.05, 3.63) is 0 Å². The first-order valence-electron chi connectivity index (χ1n) is 1.37. The topological polar surface area (TPSA) is 74.6 Å². The van der Waals surface area contributed by atoms with Crippen molar-refractivity contribution in [2.45, 2.75) is 0 Å². The monoisotopic (exact) mass is 226 g/mol. The van der Waals surface area contributed by atoms with E-state index in [-0.39, 0.29) is 9.83 Å². The fraction of sp³-hybridized carbons (Fsp3) is 0. The second-order valence-electron chi connectivity index (χ2n) is 0.924. The molecule has 0 bridgehead atoms. The average molecular weight is 226 g/mol. The molecule has 0 unspecified atom stereocenters. The molecule has 0 fully saturated rings. The molecule has 0 rings (SSSR count). The molecule has 0 aromatic carbocycles. The van der Waals surface area contributed by atoms with E-state index in [9.17, 15) is 8.42 Å². The highest BCUT2D eigenvalue weighted by Crippen LogP contribution is 2.16. The largest absolute Gasteiger partial charge is 0.297 e. The zero-order valence-corrected chi connectivity index (χ0v) is 7.83. The maximum absolute atomic E-state index is 10.1. The third kappa shape index (κ3) is 9.01. The first-order chi connectivity index (χ1) is 3.71. The van der Waals surface area contributed by atoms with E-state index in [0.29, 0.717) is 0 Å². The maximum atomic E-state index is 10.1. The Labute approximate surface area is 65.2 Å². The Morgan fingerprint density at radius 3 is 1.33 bits per heavy atom. The zero-order chi connectivity index (χ0) is 7.71. The predicted octanol–water partition coefficient (Wildman–Crippen LogP) is -0.0118. The number of rotatable bonds is 2. The Kier molecular flexibility index (Phi) is 3.28. The van der Waals surface area contributed by atoms with Gasteiger partial charge in [-0.3, -0.25) is 9.11 Å². The van der Waals surface area contributed by atoms with Crippen molar-refractivity contribution in [2.75, 3.05) is 0 Å². The van der Waals surface area contributed by atoms with Gasteiger partial charge in [0.2, 0.25) is 15.6 Å². The molecule has 0 radical (unpaired) electrons. The maximum Gasteiger partial charge on any atom is 0.210 e. The van der Waals surface area contributed by atoms with Gasteiger partial charge in [-0.15, -0.1) is 0 Å². The van der Waals surface area contributed by atoms with E-state index in [2.05, 4.69) is 22.4 Å². The third-order valence-corrected chi connectivity index (χ3v) is 7.64. The summed E-state index contributed by atoms with van der Waals surface area (Å²) in [6.07, 6.45) is 0. The molecule has 0 aliphatic rings. The molecule has 56 valence electrons. The molecule has 0 aromatic heterocycles. The normalized spacial score (nSPS) is 24.2. The molecule has 0 heterocycles. The van der Waals surface area contributed by atoms with Crippen molar-refractivity contribution in [3.63, 3.8) is 0 Å². The molecular formula is H2O4S5. The minimum atomic E-state index is -3.66. The van der Waals surface area contributed by atoms with Crippen LogP contribution in [-0.4, -0.2) is 17.5 Å².